The Morgan fingerprint density at radius 2 is 1.79 bits per heavy atom. The van der Waals surface area contributed by atoms with Gasteiger partial charge >= 0.3 is 0 Å². The zero-order valence-corrected chi connectivity index (χ0v) is 17.8. The normalized spacial score (nSPS) is 15.1. The highest BCUT2D eigenvalue weighted by atomic mass is 32.2. The first-order valence-corrected chi connectivity index (χ1v) is 11.6. The minimum atomic E-state index is -3.63. The number of benzene rings is 2. The number of likely N-dealkylation sites (N-methyl/N-ethyl adjacent to an activating group) is 1. The number of amides is 1. The minimum absolute atomic E-state index is 0.0331. The molecule has 2 aromatic rings. The molecule has 29 heavy (non-hydrogen) atoms. The molecule has 156 valence electrons. The van der Waals surface area contributed by atoms with Crippen molar-refractivity contribution in [2.75, 3.05) is 25.0 Å². The van der Waals surface area contributed by atoms with Gasteiger partial charge in [-0.15, -0.1) is 0 Å². The molecule has 0 aromatic heterocycles. The van der Waals surface area contributed by atoms with E-state index in [4.69, 9.17) is 0 Å². The topological polar surface area (TPSA) is 78.5 Å². The predicted octanol–water partition coefficient (Wildman–Crippen LogP) is 2.80. The van der Waals surface area contributed by atoms with Gasteiger partial charge in [-0.2, -0.15) is 0 Å². The van der Waals surface area contributed by atoms with E-state index < -0.39 is 10.0 Å². The zero-order chi connectivity index (χ0) is 20.9. The van der Waals surface area contributed by atoms with E-state index in [9.17, 15) is 13.2 Å². The van der Waals surface area contributed by atoms with Crippen LogP contribution in [0.5, 0.6) is 0 Å². The summed E-state index contributed by atoms with van der Waals surface area (Å²) in [5, 5.41) is 2.79. The lowest BCUT2D eigenvalue weighted by atomic mass is 10.0. The molecule has 0 saturated carbocycles. The lowest BCUT2D eigenvalue weighted by molar-refractivity contribution is -0.116. The fourth-order valence-electron chi connectivity index (χ4n) is 3.77. The van der Waals surface area contributed by atoms with Crippen LogP contribution in [-0.2, 0) is 27.7 Å². The van der Waals surface area contributed by atoms with Crippen molar-refractivity contribution in [3.63, 3.8) is 0 Å². The number of hydrogen-bond donors (Lipinski definition) is 2. The van der Waals surface area contributed by atoms with E-state index in [2.05, 4.69) is 40.9 Å². The molecule has 2 aromatic carbocycles. The van der Waals surface area contributed by atoms with E-state index in [0.29, 0.717) is 25.1 Å². The van der Waals surface area contributed by atoms with Crippen LogP contribution < -0.4 is 10.0 Å². The van der Waals surface area contributed by atoms with Crippen molar-refractivity contribution in [2.45, 2.75) is 44.0 Å². The Kier molecular flexibility index (Phi) is 7.05. The first-order chi connectivity index (χ1) is 13.9. The van der Waals surface area contributed by atoms with Crippen LogP contribution in [0.1, 0.15) is 31.4 Å². The molecular formula is C22H29N3O3S. The van der Waals surface area contributed by atoms with Crippen LogP contribution in [-0.4, -0.2) is 44.9 Å². The van der Waals surface area contributed by atoms with Crippen LogP contribution in [0.4, 0.5) is 5.69 Å². The number of carbonyl (C=O) groups excluding carboxylic acids is 1. The van der Waals surface area contributed by atoms with Gasteiger partial charge in [0.2, 0.25) is 15.9 Å². The first-order valence-electron chi connectivity index (χ1n) is 10.1. The molecule has 1 amide bonds. The van der Waals surface area contributed by atoms with Gasteiger partial charge in [-0.25, -0.2) is 13.1 Å². The standard InChI is InChI=1S/C22H29N3O3S/c1-3-25(4-2)19(14-17-8-6-5-7-9-17)16-23-29(27,28)20-11-12-21-18(15-20)10-13-22(26)24-21/h5-9,11-12,15,19,23H,3-4,10,13-14,16H2,1-2H3,(H,24,26). The summed E-state index contributed by atoms with van der Waals surface area (Å²) in [7, 11) is -3.63. The molecule has 7 heteroatoms. The third-order valence-corrected chi connectivity index (χ3v) is 6.86. The van der Waals surface area contributed by atoms with E-state index in [-0.39, 0.29) is 16.8 Å². The Morgan fingerprint density at radius 3 is 2.48 bits per heavy atom. The highest BCUT2D eigenvalue weighted by Crippen LogP contribution is 2.25. The van der Waals surface area contributed by atoms with Gasteiger partial charge in [0.25, 0.3) is 0 Å². The fraction of sp³-hybridized carbons (Fsp3) is 0.409. The fourth-order valence-corrected chi connectivity index (χ4v) is 4.90. The summed E-state index contributed by atoms with van der Waals surface area (Å²) < 4.78 is 28.6. The highest BCUT2D eigenvalue weighted by Gasteiger charge is 2.23. The van der Waals surface area contributed by atoms with Crippen molar-refractivity contribution < 1.29 is 13.2 Å². The van der Waals surface area contributed by atoms with Crippen LogP contribution >= 0.6 is 0 Å². The number of carbonyl (C=O) groups is 1. The van der Waals surface area contributed by atoms with Gasteiger partial charge in [-0.05, 0) is 55.3 Å². The third kappa shape index (κ3) is 5.44. The molecule has 1 aliphatic heterocycles. The number of nitrogens with one attached hydrogen (secondary N) is 2. The molecule has 1 aliphatic rings. The minimum Gasteiger partial charge on any atom is -0.326 e. The molecule has 0 fully saturated rings. The summed E-state index contributed by atoms with van der Waals surface area (Å²) in [6, 6.07) is 15.1. The molecule has 0 saturated heterocycles. The van der Waals surface area contributed by atoms with Crippen molar-refractivity contribution in [3.8, 4) is 0 Å². The number of fused-ring (bicyclic) bond motifs is 1. The number of nitrogens with zero attached hydrogens (tertiary/aromatic N) is 1. The molecule has 0 radical (unpaired) electrons. The predicted molar refractivity (Wildman–Crippen MR) is 115 cm³/mol. The van der Waals surface area contributed by atoms with Gasteiger partial charge in [0.15, 0.2) is 0 Å². The van der Waals surface area contributed by atoms with E-state index in [1.54, 1.807) is 18.2 Å². The maximum atomic E-state index is 12.9. The highest BCUT2D eigenvalue weighted by molar-refractivity contribution is 7.89. The lowest BCUT2D eigenvalue weighted by Gasteiger charge is -2.30. The average molecular weight is 416 g/mol. The Bertz CT molecular complexity index is 941. The second kappa shape index (κ2) is 9.52. The summed E-state index contributed by atoms with van der Waals surface area (Å²) in [5.41, 5.74) is 2.75. The van der Waals surface area contributed by atoms with Crippen molar-refractivity contribution >= 4 is 21.6 Å². The van der Waals surface area contributed by atoms with Crippen molar-refractivity contribution in [3.05, 3.63) is 59.7 Å². The van der Waals surface area contributed by atoms with E-state index >= 15 is 0 Å². The van der Waals surface area contributed by atoms with Gasteiger partial charge in [0.1, 0.15) is 0 Å². The monoisotopic (exact) mass is 415 g/mol. The van der Waals surface area contributed by atoms with Crippen LogP contribution in [0, 0.1) is 0 Å². The molecular weight excluding hydrogens is 386 g/mol. The smallest absolute Gasteiger partial charge is 0.240 e. The number of aryl methyl sites for hydroxylation is 1. The first kappa shape index (κ1) is 21.5. The molecule has 6 nitrogen and oxygen atoms in total. The summed E-state index contributed by atoms with van der Waals surface area (Å²) in [6.45, 7) is 6.23. The van der Waals surface area contributed by atoms with Crippen LogP contribution in [0.2, 0.25) is 0 Å². The lowest BCUT2D eigenvalue weighted by Crippen LogP contribution is -2.45. The third-order valence-electron chi connectivity index (χ3n) is 5.43. The molecule has 2 N–H and O–H groups in total. The maximum Gasteiger partial charge on any atom is 0.240 e. The molecule has 1 atom stereocenters. The van der Waals surface area contributed by atoms with Gasteiger partial charge in [0, 0.05) is 24.7 Å². The van der Waals surface area contributed by atoms with Gasteiger partial charge in [-0.3, -0.25) is 9.69 Å². The van der Waals surface area contributed by atoms with Crippen molar-refractivity contribution in [1.29, 1.82) is 0 Å². The van der Waals surface area contributed by atoms with E-state index in [0.717, 1.165) is 25.1 Å². The van der Waals surface area contributed by atoms with Crippen LogP contribution in [0.3, 0.4) is 0 Å². The SMILES string of the molecule is CCN(CC)C(CNS(=O)(=O)c1ccc2c(c1)CCC(=O)N2)Cc1ccccc1. The Labute approximate surface area is 173 Å². The van der Waals surface area contributed by atoms with E-state index in [1.807, 2.05) is 18.2 Å². The molecule has 0 bridgehead atoms. The van der Waals surface area contributed by atoms with E-state index in [1.165, 1.54) is 5.56 Å². The second-order valence-corrected chi connectivity index (χ2v) is 9.05. The maximum absolute atomic E-state index is 12.9. The van der Waals surface area contributed by atoms with Crippen LogP contribution in [0.25, 0.3) is 0 Å². The van der Waals surface area contributed by atoms with Gasteiger partial charge in [0.05, 0.1) is 4.90 Å². The summed E-state index contributed by atoms with van der Waals surface area (Å²) in [5.74, 6) is -0.0331. The number of sulfonamides is 1. The summed E-state index contributed by atoms with van der Waals surface area (Å²) >= 11 is 0. The Morgan fingerprint density at radius 1 is 1.07 bits per heavy atom. The molecule has 3 rings (SSSR count). The molecule has 0 aliphatic carbocycles. The van der Waals surface area contributed by atoms with Gasteiger partial charge < -0.3 is 5.32 Å². The Balaban J connectivity index is 1.74. The summed E-state index contributed by atoms with van der Waals surface area (Å²) in [4.78, 5) is 14.0. The number of anilines is 1. The number of hydrogen-bond acceptors (Lipinski definition) is 4. The van der Waals surface area contributed by atoms with Crippen LogP contribution in [0.15, 0.2) is 53.4 Å². The molecule has 1 unspecified atom stereocenters. The van der Waals surface area contributed by atoms with Crippen molar-refractivity contribution in [2.24, 2.45) is 0 Å². The molecule has 0 spiro atoms. The summed E-state index contributed by atoms with van der Waals surface area (Å²) in [6.07, 6.45) is 1.72. The van der Waals surface area contributed by atoms with Crippen molar-refractivity contribution in [1.82, 2.24) is 9.62 Å². The number of rotatable bonds is 9. The largest absolute Gasteiger partial charge is 0.326 e. The average Bonchev–Trinajstić information content (AvgIpc) is 2.73. The van der Waals surface area contributed by atoms with Gasteiger partial charge in [-0.1, -0.05) is 44.2 Å². The zero-order valence-electron chi connectivity index (χ0n) is 17.0. The second-order valence-electron chi connectivity index (χ2n) is 7.28. The molecule has 1 heterocycles. The Hall–Kier alpha value is -2.22. The quantitative estimate of drug-likeness (QED) is 0.660.